The van der Waals surface area contributed by atoms with Crippen LogP contribution in [0.1, 0.15) is 34.1 Å². The summed E-state index contributed by atoms with van der Waals surface area (Å²) in [6, 6.07) is 9.70. The van der Waals surface area contributed by atoms with Gasteiger partial charge < -0.3 is 0 Å². The summed E-state index contributed by atoms with van der Waals surface area (Å²) in [6.07, 6.45) is 0.348. The van der Waals surface area contributed by atoms with Crippen LogP contribution in [-0.2, 0) is 9.16 Å². The second-order valence-corrected chi connectivity index (χ2v) is 14.1. The monoisotopic (exact) mass is 412 g/mol. The molecule has 0 radical (unpaired) electrons. The van der Waals surface area contributed by atoms with E-state index in [2.05, 4.69) is 45.7 Å². The molecule has 0 aromatic heterocycles. The van der Waals surface area contributed by atoms with E-state index >= 15 is 0 Å². The molecule has 0 spiro atoms. The summed E-state index contributed by atoms with van der Waals surface area (Å²) >= 11 is -0.297. The van der Waals surface area contributed by atoms with Crippen LogP contribution < -0.4 is 4.46 Å². The van der Waals surface area contributed by atoms with Crippen LogP contribution in [0.2, 0.25) is 18.1 Å². The molecule has 0 aliphatic rings. The zero-order chi connectivity index (χ0) is 18.2. The van der Waals surface area contributed by atoms with Crippen molar-refractivity contribution < 1.29 is 14.0 Å². The fourth-order valence-electron chi connectivity index (χ4n) is 1.51. The topological polar surface area (TPSA) is 35.5 Å². The van der Waals surface area contributed by atoms with E-state index in [1.54, 1.807) is 0 Å². The standard InChI is InChI=1S/C19H28O3SeSi/c1-16(22-18(20)23-17-13-8-7-9-14-17)12-10-11-15-21-24(5,6)19(2,3)4/h7-9,13-14,16H,12,15H2,1-6H3/t16-/m0/s1. The summed E-state index contributed by atoms with van der Waals surface area (Å²) < 4.78 is 12.4. The number of hydrogen-bond acceptors (Lipinski definition) is 3. The van der Waals surface area contributed by atoms with Gasteiger partial charge in [0.25, 0.3) is 0 Å². The molecule has 0 heterocycles. The second kappa shape index (κ2) is 9.43. The molecule has 0 bridgehead atoms. The predicted molar refractivity (Wildman–Crippen MR) is 103 cm³/mol. The zero-order valence-corrected chi connectivity index (χ0v) is 18.2. The number of rotatable bonds is 6. The van der Waals surface area contributed by atoms with E-state index < -0.39 is 8.32 Å². The quantitative estimate of drug-likeness (QED) is 0.525. The normalized spacial score (nSPS) is 12.9. The molecule has 1 atom stereocenters. The van der Waals surface area contributed by atoms with Gasteiger partial charge in [0.1, 0.15) is 0 Å². The maximum absolute atomic E-state index is 11.9. The Morgan fingerprint density at radius 1 is 1.21 bits per heavy atom. The average Bonchev–Trinajstić information content (AvgIpc) is 2.46. The SMILES string of the molecule is C[C@@H](CC#CCO[Si](C)(C)C(C)(C)C)OC(=O)[Se]c1ccccc1. The van der Waals surface area contributed by atoms with Crippen molar-refractivity contribution in [3.8, 4) is 11.8 Å². The van der Waals surface area contributed by atoms with E-state index in [1.807, 2.05) is 37.3 Å². The fourth-order valence-corrected chi connectivity index (χ4v) is 3.85. The molecular weight excluding hydrogens is 383 g/mol. The molecule has 0 N–H and O–H groups in total. The summed E-state index contributed by atoms with van der Waals surface area (Å²) in [5.41, 5.74) is 0. The van der Waals surface area contributed by atoms with Crippen molar-refractivity contribution >= 4 is 32.6 Å². The van der Waals surface area contributed by atoms with Gasteiger partial charge in [0.05, 0.1) is 0 Å². The van der Waals surface area contributed by atoms with Gasteiger partial charge in [-0.2, -0.15) is 0 Å². The van der Waals surface area contributed by atoms with E-state index in [9.17, 15) is 4.79 Å². The third-order valence-electron chi connectivity index (χ3n) is 4.07. The van der Waals surface area contributed by atoms with E-state index in [0.717, 1.165) is 4.46 Å². The van der Waals surface area contributed by atoms with Crippen LogP contribution in [0.5, 0.6) is 0 Å². The summed E-state index contributed by atoms with van der Waals surface area (Å²) in [5.74, 6) is 6.10. The van der Waals surface area contributed by atoms with Crippen LogP contribution in [0.15, 0.2) is 30.3 Å². The number of ether oxygens (including phenoxy) is 1. The first-order chi connectivity index (χ1) is 11.1. The van der Waals surface area contributed by atoms with Gasteiger partial charge in [-0.15, -0.1) is 0 Å². The Bertz CT molecular complexity index is 582. The first-order valence-corrected chi connectivity index (χ1v) is 12.8. The van der Waals surface area contributed by atoms with Crippen LogP contribution in [0.25, 0.3) is 0 Å². The van der Waals surface area contributed by atoms with Crippen molar-refractivity contribution in [1.82, 2.24) is 0 Å². The Hall–Kier alpha value is -1.05. The molecule has 0 aliphatic carbocycles. The molecule has 1 aromatic carbocycles. The molecule has 5 heteroatoms. The molecular formula is C19H28O3SeSi. The Morgan fingerprint density at radius 3 is 2.42 bits per heavy atom. The minimum atomic E-state index is -1.74. The van der Waals surface area contributed by atoms with E-state index in [-0.39, 0.29) is 31.0 Å². The Morgan fingerprint density at radius 2 is 1.83 bits per heavy atom. The second-order valence-electron chi connectivity index (χ2n) is 7.20. The van der Waals surface area contributed by atoms with Crippen LogP contribution >= 0.6 is 0 Å². The molecule has 0 aliphatic heterocycles. The summed E-state index contributed by atoms with van der Waals surface area (Å²) in [4.78, 5) is 11.7. The third kappa shape index (κ3) is 7.68. The van der Waals surface area contributed by atoms with Crippen molar-refractivity contribution in [2.75, 3.05) is 6.61 Å². The van der Waals surface area contributed by atoms with Crippen LogP contribution in [0.3, 0.4) is 0 Å². The van der Waals surface area contributed by atoms with Gasteiger partial charge in [0.2, 0.25) is 0 Å². The van der Waals surface area contributed by atoms with Gasteiger partial charge in [-0.1, -0.05) is 0 Å². The van der Waals surface area contributed by atoms with Gasteiger partial charge in [-0.05, 0) is 0 Å². The van der Waals surface area contributed by atoms with Crippen molar-refractivity contribution in [3.63, 3.8) is 0 Å². The molecule has 1 aromatic rings. The summed E-state index contributed by atoms with van der Waals surface area (Å²) in [5, 5.41) is 0.191. The number of carbonyl (C=O) groups is 1. The van der Waals surface area contributed by atoms with Gasteiger partial charge in [-0.25, -0.2) is 0 Å². The van der Waals surface area contributed by atoms with E-state index in [1.165, 1.54) is 0 Å². The first kappa shape index (κ1) is 21.0. The molecule has 3 nitrogen and oxygen atoms in total. The van der Waals surface area contributed by atoms with Gasteiger partial charge in [0.15, 0.2) is 0 Å². The summed E-state index contributed by atoms with van der Waals surface area (Å²) in [7, 11) is -1.74. The zero-order valence-electron chi connectivity index (χ0n) is 15.5. The minimum absolute atomic E-state index is 0.152. The molecule has 24 heavy (non-hydrogen) atoms. The van der Waals surface area contributed by atoms with Crippen LogP contribution in [0.4, 0.5) is 4.79 Å². The third-order valence-corrected chi connectivity index (χ3v) is 10.2. The molecule has 1 rings (SSSR count). The van der Waals surface area contributed by atoms with Gasteiger partial charge in [0, 0.05) is 0 Å². The Balaban J connectivity index is 2.32. The number of benzene rings is 1. The fraction of sp³-hybridized carbons (Fsp3) is 0.526. The van der Waals surface area contributed by atoms with Crippen LogP contribution in [0, 0.1) is 11.8 Å². The predicted octanol–water partition coefficient (Wildman–Crippen LogP) is 3.96. The molecule has 0 saturated heterocycles. The molecule has 0 saturated carbocycles. The maximum atomic E-state index is 11.9. The van der Waals surface area contributed by atoms with Gasteiger partial charge >= 0.3 is 154 Å². The molecule has 132 valence electrons. The van der Waals surface area contributed by atoms with E-state index in [0.29, 0.717) is 13.0 Å². The Kier molecular flexibility index (Phi) is 8.25. The van der Waals surface area contributed by atoms with E-state index in [4.69, 9.17) is 9.16 Å². The van der Waals surface area contributed by atoms with Crippen LogP contribution in [-0.4, -0.2) is 40.9 Å². The van der Waals surface area contributed by atoms with Crippen molar-refractivity contribution in [2.24, 2.45) is 0 Å². The summed E-state index contributed by atoms with van der Waals surface area (Å²) in [6.45, 7) is 13.4. The molecule has 0 unspecified atom stereocenters. The van der Waals surface area contributed by atoms with Crippen molar-refractivity contribution in [2.45, 2.75) is 58.4 Å². The molecule has 0 fully saturated rings. The number of carbonyl (C=O) groups excluding carboxylic acids is 1. The Labute approximate surface area is 153 Å². The molecule has 0 amide bonds. The van der Waals surface area contributed by atoms with Crippen molar-refractivity contribution in [3.05, 3.63) is 30.3 Å². The first-order valence-electron chi connectivity index (χ1n) is 8.15. The average molecular weight is 411 g/mol. The number of hydrogen-bond donors (Lipinski definition) is 0. The van der Waals surface area contributed by atoms with Gasteiger partial charge in [-0.3, -0.25) is 0 Å². The van der Waals surface area contributed by atoms with Crippen molar-refractivity contribution in [1.29, 1.82) is 0 Å².